The number of ether oxygens (including phenoxy) is 5. The topological polar surface area (TPSA) is 92.3 Å². The molecule has 1 heterocycles. The second kappa shape index (κ2) is 14.9. The van der Waals surface area contributed by atoms with E-state index in [-0.39, 0.29) is 31.3 Å². The van der Waals surface area contributed by atoms with Gasteiger partial charge in [0.2, 0.25) is 0 Å². The fourth-order valence-electron chi connectivity index (χ4n) is 6.44. The lowest BCUT2D eigenvalue weighted by molar-refractivity contribution is -0.140. The first-order valence-electron chi connectivity index (χ1n) is 16.0. The summed E-state index contributed by atoms with van der Waals surface area (Å²) in [6.07, 6.45) is 0.844. The van der Waals surface area contributed by atoms with Gasteiger partial charge in [0.1, 0.15) is 31.3 Å². The van der Waals surface area contributed by atoms with E-state index >= 15 is 0 Å². The van der Waals surface area contributed by atoms with E-state index in [1.54, 1.807) is 14.2 Å². The molecule has 8 nitrogen and oxygen atoms in total. The van der Waals surface area contributed by atoms with Crippen LogP contribution in [0.15, 0.2) is 126 Å². The predicted molar refractivity (Wildman–Crippen MR) is 182 cm³/mol. The summed E-state index contributed by atoms with van der Waals surface area (Å²) in [6.45, 7) is 2.43. The van der Waals surface area contributed by atoms with E-state index in [9.17, 15) is 9.59 Å². The van der Waals surface area contributed by atoms with E-state index in [2.05, 4.69) is 5.32 Å². The minimum absolute atomic E-state index is 0.0448. The van der Waals surface area contributed by atoms with Gasteiger partial charge in [-0.15, -0.1) is 0 Å². The zero-order valence-corrected chi connectivity index (χ0v) is 27.4. The van der Waals surface area contributed by atoms with Gasteiger partial charge in [0.15, 0.2) is 17.3 Å². The summed E-state index contributed by atoms with van der Waals surface area (Å²) < 4.78 is 28.9. The Morgan fingerprint density at radius 3 is 2.23 bits per heavy atom. The van der Waals surface area contributed by atoms with Crippen molar-refractivity contribution in [1.29, 1.82) is 0 Å². The van der Waals surface area contributed by atoms with Crippen LogP contribution in [0, 0.1) is 0 Å². The quantitative estimate of drug-likeness (QED) is 0.127. The number of nitrogens with one attached hydrogen (secondary N) is 1. The highest BCUT2D eigenvalue weighted by Crippen LogP contribution is 2.48. The van der Waals surface area contributed by atoms with Gasteiger partial charge in [0.05, 0.1) is 25.7 Å². The van der Waals surface area contributed by atoms with E-state index < -0.39 is 11.9 Å². The van der Waals surface area contributed by atoms with E-state index in [1.165, 1.54) is 0 Å². The number of methoxy groups -OCH3 is 2. The molecule has 6 rings (SSSR count). The van der Waals surface area contributed by atoms with Crippen molar-refractivity contribution in [2.45, 2.75) is 38.2 Å². The Bertz CT molecular complexity index is 1830. The number of hydrogen-bond acceptors (Lipinski definition) is 8. The number of para-hydroxylation sites is 2. The minimum atomic E-state index is -0.686. The number of rotatable bonds is 12. The fraction of sp³-hybridized carbons (Fsp3) is 0.250. The van der Waals surface area contributed by atoms with Gasteiger partial charge in [-0.05, 0) is 60.7 Å². The van der Waals surface area contributed by atoms with Crippen LogP contribution in [0.1, 0.15) is 48.3 Å². The van der Waals surface area contributed by atoms with Gasteiger partial charge in [-0.25, -0.2) is 4.79 Å². The van der Waals surface area contributed by atoms with Gasteiger partial charge in [-0.3, -0.25) is 4.79 Å². The Morgan fingerprint density at radius 2 is 1.48 bits per heavy atom. The highest BCUT2D eigenvalue weighted by atomic mass is 16.6. The number of ketones is 1. The molecule has 246 valence electrons. The van der Waals surface area contributed by atoms with Gasteiger partial charge in [-0.1, -0.05) is 72.8 Å². The van der Waals surface area contributed by atoms with Crippen molar-refractivity contribution in [2.24, 2.45) is 0 Å². The van der Waals surface area contributed by atoms with Gasteiger partial charge < -0.3 is 29.0 Å². The molecule has 0 aromatic heterocycles. The van der Waals surface area contributed by atoms with Crippen LogP contribution in [0.3, 0.4) is 0 Å². The third-order valence-corrected chi connectivity index (χ3v) is 8.72. The molecular weight excluding hydrogens is 606 g/mol. The van der Waals surface area contributed by atoms with Crippen LogP contribution in [0.2, 0.25) is 0 Å². The Balaban J connectivity index is 1.33. The maximum Gasteiger partial charge on any atom is 0.336 e. The number of Topliss-reactive ketones (excluding diaryl/α,β-unsaturated/α-hetero) is 1. The Labute approximate surface area is 280 Å². The minimum Gasteiger partial charge on any atom is -0.493 e. The number of benzene rings is 4. The number of carbonyl (C=O) groups is 2. The number of hydrogen-bond donors (Lipinski definition) is 1. The van der Waals surface area contributed by atoms with Crippen LogP contribution in [0.25, 0.3) is 0 Å². The van der Waals surface area contributed by atoms with Crippen LogP contribution in [0.5, 0.6) is 23.0 Å². The number of allylic oxidation sites excluding steroid dienone is 3. The standard InChI is InChI=1S/C40H39NO7/c1-26-37(40(43)47-21-20-46-30-14-8-5-9-15-30)38(31-16-10-11-17-34(31)48-25-27-12-6-4-7-13-27)39-32(41-26)22-29(23-33(39)42)28-18-19-35(44-2)36(24-28)45-3/h4-19,24,29,38,41H,20-23,25H2,1-3H3/t29-,38+/m1/s1. The molecule has 0 spiro atoms. The summed E-state index contributed by atoms with van der Waals surface area (Å²) in [7, 11) is 3.20. The maximum absolute atomic E-state index is 14.3. The van der Waals surface area contributed by atoms with Crippen LogP contribution in [0.4, 0.5) is 0 Å². The number of dihydropyridines is 1. The van der Waals surface area contributed by atoms with Crippen molar-refractivity contribution in [1.82, 2.24) is 5.32 Å². The fourth-order valence-corrected chi connectivity index (χ4v) is 6.44. The van der Waals surface area contributed by atoms with E-state index in [0.717, 1.165) is 22.4 Å². The van der Waals surface area contributed by atoms with Crippen molar-refractivity contribution in [3.63, 3.8) is 0 Å². The molecule has 0 radical (unpaired) electrons. The van der Waals surface area contributed by atoms with Gasteiger partial charge in [0, 0.05) is 29.0 Å². The van der Waals surface area contributed by atoms with Gasteiger partial charge in [0.25, 0.3) is 0 Å². The molecule has 1 N–H and O–H groups in total. The second-order valence-corrected chi connectivity index (χ2v) is 11.7. The summed E-state index contributed by atoms with van der Waals surface area (Å²) in [5, 5.41) is 3.43. The Morgan fingerprint density at radius 1 is 0.771 bits per heavy atom. The molecule has 4 aromatic carbocycles. The van der Waals surface area contributed by atoms with E-state index in [4.69, 9.17) is 23.7 Å². The molecule has 0 bridgehead atoms. The molecule has 8 heteroatoms. The lowest BCUT2D eigenvalue weighted by Crippen LogP contribution is -2.36. The van der Waals surface area contributed by atoms with E-state index in [0.29, 0.717) is 52.9 Å². The first kappa shape index (κ1) is 32.4. The molecule has 0 saturated heterocycles. The molecule has 2 aliphatic rings. The molecule has 0 fully saturated rings. The van der Waals surface area contributed by atoms with Crippen LogP contribution in [-0.2, 0) is 20.9 Å². The largest absolute Gasteiger partial charge is 0.493 e. The number of esters is 1. The van der Waals surface area contributed by atoms with Crippen molar-refractivity contribution in [2.75, 3.05) is 27.4 Å². The molecule has 2 atom stereocenters. The lowest BCUT2D eigenvalue weighted by Gasteiger charge is -2.37. The molecule has 0 amide bonds. The molecule has 4 aromatic rings. The second-order valence-electron chi connectivity index (χ2n) is 11.7. The monoisotopic (exact) mass is 645 g/mol. The third-order valence-electron chi connectivity index (χ3n) is 8.72. The normalized spacial score (nSPS) is 17.3. The highest BCUT2D eigenvalue weighted by Gasteiger charge is 2.42. The summed E-state index contributed by atoms with van der Waals surface area (Å²) in [5.41, 5.74) is 5.06. The SMILES string of the molecule is COc1ccc([C@H]2CC(=O)C3=C(C2)NC(C)=C(C(=O)OCCOc2ccccc2)[C@@H]3c2ccccc2OCc2ccccc2)cc1OC. The lowest BCUT2D eigenvalue weighted by atomic mass is 9.71. The van der Waals surface area contributed by atoms with Gasteiger partial charge in [-0.2, -0.15) is 0 Å². The summed E-state index contributed by atoms with van der Waals surface area (Å²) >= 11 is 0. The molecule has 0 saturated carbocycles. The van der Waals surface area contributed by atoms with Crippen molar-refractivity contribution in [3.8, 4) is 23.0 Å². The molecule has 48 heavy (non-hydrogen) atoms. The van der Waals surface area contributed by atoms with Crippen molar-refractivity contribution < 1.29 is 33.3 Å². The van der Waals surface area contributed by atoms with Gasteiger partial charge >= 0.3 is 5.97 Å². The predicted octanol–water partition coefficient (Wildman–Crippen LogP) is 7.27. The van der Waals surface area contributed by atoms with Crippen molar-refractivity contribution in [3.05, 3.63) is 142 Å². The highest BCUT2D eigenvalue weighted by molar-refractivity contribution is 6.04. The first-order chi connectivity index (χ1) is 23.5. The Kier molecular flexibility index (Phi) is 10.1. The summed E-state index contributed by atoms with van der Waals surface area (Å²) in [6, 6.07) is 32.6. The molecular formula is C40H39NO7. The smallest absolute Gasteiger partial charge is 0.336 e. The van der Waals surface area contributed by atoms with Crippen LogP contribution in [-0.4, -0.2) is 39.2 Å². The van der Waals surface area contributed by atoms with Crippen molar-refractivity contribution >= 4 is 11.8 Å². The van der Waals surface area contributed by atoms with E-state index in [1.807, 2.05) is 110 Å². The summed E-state index contributed by atoms with van der Waals surface area (Å²) in [4.78, 5) is 28.2. The first-order valence-corrected chi connectivity index (χ1v) is 16.0. The zero-order valence-electron chi connectivity index (χ0n) is 27.4. The average Bonchev–Trinajstić information content (AvgIpc) is 3.12. The molecule has 0 unspecified atom stereocenters. The molecule has 1 aliphatic heterocycles. The van der Waals surface area contributed by atoms with Crippen LogP contribution < -0.4 is 24.3 Å². The zero-order chi connectivity index (χ0) is 33.5. The Hall–Kier alpha value is -5.50. The third kappa shape index (κ3) is 7.08. The average molecular weight is 646 g/mol. The molecule has 1 aliphatic carbocycles. The van der Waals surface area contributed by atoms with Crippen LogP contribution >= 0.6 is 0 Å². The maximum atomic E-state index is 14.3. The number of carbonyl (C=O) groups excluding carboxylic acids is 2. The summed E-state index contributed by atoms with van der Waals surface area (Å²) in [5.74, 6) is 1.19.